The first-order valence-corrected chi connectivity index (χ1v) is 8.03. The van der Waals surface area contributed by atoms with Crippen molar-refractivity contribution in [3.8, 4) is 0 Å². The minimum absolute atomic E-state index is 1.83. The summed E-state index contributed by atoms with van der Waals surface area (Å²) in [5.41, 5.74) is 0. The zero-order valence-electron chi connectivity index (χ0n) is 6.38. The van der Waals surface area contributed by atoms with Crippen molar-refractivity contribution < 1.29 is 80.8 Å². The van der Waals surface area contributed by atoms with Gasteiger partial charge in [-0.1, -0.05) is 0 Å². The van der Waals surface area contributed by atoms with Gasteiger partial charge in [-0.3, -0.25) is 0 Å². The van der Waals surface area contributed by atoms with Crippen LogP contribution in [0, 0.1) is 0 Å². The van der Waals surface area contributed by atoms with Gasteiger partial charge in [-0.15, -0.1) is 0 Å². The number of hydrogen-bond donors (Lipinski definition) is 10. The molecular formula is CH10O11Ti2. The van der Waals surface area contributed by atoms with E-state index in [-0.39, 0.29) is 0 Å². The van der Waals surface area contributed by atoms with Gasteiger partial charge >= 0.3 is 71.9 Å². The second kappa shape index (κ2) is 8.67. The fourth-order valence-corrected chi connectivity index (χ4v) is 0. The molecular weight excluding hydrogens is 284 g/mol. The van der Waals surface area contributed by atoms with Gasteiger partial charge < -0.3 is 10.2 Å². The monoisotopic (exact) mass is 294 g/mol. The zero-order chi connectivity index (χ0) is 12.6. The van der Waals surface area contributed by atoms with E-state index in [2.05, 4.69) is 0 Å². The number of hydrogen-bond acceptors (Lipinski definition) is 9. The molecule has 11 nitrogen and oxygen atoms in total. The summed E-state index contributed by atoms with van der Waals surface area (Å²) in [6.45, 7) is 0. The Morgan fingerprint density at radius 1 is 0.643 bits per heavy atom. The Hall–Kier alpha value is 0.379. The SMILES string of the molecule is O=C(O)O.[OH][Ti]([OH])([OH])[OH].[OH][Ti]([OH])([OH])[OH]. The van der Waals surface area contributed by atoms with E-state index in [1.807, 2.05) is 0 Å². The maximum absolute atomic E-state index is 8.56. The minimum atomic E-state index is -5.00. The second-order valence-corrected chi connectivity index (χ2v) is 5.23. The molecule has 0 radical (unpaired) electrons. The van der Waals surface area contributed by atoms with Crippen LogP contribution in [0.1, 0.15) is 0 Å². The van der Waals surface area contributed by atoms with E-state index < -0.39 is 42.4 Å². The van der Waals surface area contributed by atoms with Crippen molar-refractivity contribution >= 4 is 6.16 Å². The molecule has 0 saturated carbocycles. The van der Waals surface area contributed by atoms with Gasteiger partial charge in [0.25, 0.3) is 0 Å². The normalized spacial score (nSPS) is 10.3. The fourth-order valence-electron chi connectivity index (χ4n) is 0. The Bertz CT molecular complexity index is 112. The molecule has 0 saturated heterocycles. The number of rotatable bonds is 0. The molecule has 0 rings (SSSR count). The third-order valence-electron chi connectivity index (χ3n) is 0. The summed E-state index contributed by atoms with van der Waals surface area (Å²) in [5.74, 6) is 0. The standard InChI is InChI=1S/CH2O3.8H2O.2Ti/c2-1(3)4;;;;;;;;;;/h(H2,2,3,4);8*1H2;;/q;;;;;;;;;2*+4/p-8. The first-order valence-electron chi connectivity index (χ1n) is 2.44. The van der Waals surface area contributed by atoms with E-state index in [4.69, 9.17) is 44.5 Å². The predicted molar refractivity (Wildman–Crippen MR) is 28.4 cm³/mol. The van der Waals surface area contributed by atoms with E-state index in [9.17, 15) is 0 Å². The molecule has 0 fully saturated rings. The average molecular weight is 294 g/mol. The van der Waals surface area contributed by atoms with Crippen LogP contribution in [0.25, 0.3) is 0 Å². The summed E-state index contributed by atoms with van der Waals surface area (Å²) in [6, 6.07) is 0. The van der Waals surface area contributed by atoms with Crippen LogP contribution >= 0.6 is 0 Å². The van der Waals surface area contributed by atoms with E-state index in [0.717, 1.165) is 0 Å². The zero-order valence-corrected chi connectivity index (χ0v) is 9.50. The molecule has 0 atom stereocenters. The molecule has 0 aromatic rings. The summed E-state index contributed by atoms with van der Waals surface area (Å²) in [7, 11) is 0. The molecule has 0 amide bonds. The summed E-state index contributed by atoms with van der Waals surface area (Å²) in [6.07, 6.45) is -1.83. The van der Waals surface area contributed by atoms with Gasteiger partial charge in [0.15, 0.2) is 0 Å². The second-order valence-electron chi connectivity index (χ2n) is 1.48. The van der Waals surface area contributed by atoms with Gasteiger partial charge in [0.2, 0.25) is 0 Å². The molecule has 0 spiro atoms. The Morgan fingerprint density at radius 3 is 0.643 bits per heavy atom. The van der Waals surface area contributed by atoms with Crippen LogP contribution in [0.5, 0.6) is 0 Å². The number of carbonyl (C=O) groups is 1. The Morgan fingerprint density at radius 2 is 0.643 bits per heavy atom. The van der Waals surface area contributed by atoms with E-state index in [1.54, 1.807) is 0 Å². The maximum atomic E-state index is 8.56. The van der Waals surface area contributed by atoms with Gasteiger partial charge in [0.1, 0.15) is 0 Å². The Kier molecular flexibility index (Phi) is 12.3. The van der Waals surface area contributed by atoms with Crippen LogP contribution in [-0.4, -0.2) is 45.9 Å². The van der Waals surface area contributed by atoms with Gasteiger partial charge in [-0.25, -0.2) is 4.79 Å². The summed E-state index contributed by atoms with van der Waals surface area (Å²) in [4.78, 5) is 8.56. The third kappa shape index (κ3) is 11200. The van der Waals surface area contributed by atoms with Gasteiger partial charge in [0.05, 0.1) is 0 Å². The van der Waals surface area contributed by atoms with Crippen LogP contribution in [-0.2, 0) is 36.3 Å². The molecule has 0 aliphatic carbocycles. The van der Waals surface area contributed by atoms with Crippen LogP contribution in [0.2, 0.25) is 0 Å². The fraction of sp³-hybridized carbons (Fsp3) is 0. The number of carboxylic acid groups (broad SMARTS) is 2. The molecule has 0 aromatic heterocycles. The molecule has 0 aliphatic heterocycles. The van der Waals surface area contributed by atoms with Crippen molar-refractivity contribution in [2.45, 2.75) is 0 Å². The molecule has 13 heteroatoms. The van der Waals surface area contributed by atoms with Crippen LogP contribution in [0.4, 0.5) is 4.79 Å². The molecule has 0 heterocycles. The molecule has 0 bridgehead atoms. The molecule has 88 valence electrons. The average Bonchev–Trinajstić information content (AvgIpc) is 1.45. The van der Waals surface area contributed by atoms with E-state index >= 15 is 0 Å². The van der Waals surface area contributed by atoms with Gasteiger partial charge in [-0.05, 0) is 0 Å². The first kappa shape index (κ1) is 19.9. The molecule has 14 heavy (non-hydrogen) atoms. The molecule has 0 unspecified atom stereocenters. The Balaban J connectivity index is -0.000000131. The molecule has 10 N–H and O–H groups in total. The van der Waals surface area contributed by atoms with Crippen molar-refractivity contribution in [2.75, 3.05) is 0 Å². The summed E-state index contributed by atoms with van der Waals surface area (Å²) in [5, 5.41) is 13.9. The predicted octanol–water partition coefficient (Wildman–Crippen LogP) is -4.24. The quantitative estimate of drug-likeness (QED) is 0.193. The van der Waals surface area contributed by atoms with Crippen LogP contribution in [0.15, 0.2) is 0 Å². The van der Waals surface area contributed by atoms with Crippen LogP contribution in [0.3, 0.4) is 0 Å². The Labute approximate surface area is 86.9 Å². The molecule has 0 aliphatic rings. The van der Waals surface area contributed by atoms with Crippen molar-refractivity contribution in [3.63, 3.8) is 0 Å². The van der Waals surface area contributed by atoms with E-state index in [1.165, 1.54) is 0 Å². The van der Waals surface area contributed by atoms with Crippen molar-refractivity contribution in [1.82, 2.24) is 0 Å². The van der Waals surface area contributed by atoms with Gasteiger partial charge in [0, 0.05) is 0 Å². The summed E-state index contributed by atoms with van der Waals surface area (Å²) >= 11 is -10.0. The first-order chi connectivity index (χ1) is 5.73. The van der Waals surface area contributed by atoms with Crippen molar-refractivity contribution in [1.29, 1.82) is 0 Å². The third-order valence-corrected chi connectivity index (χ3v) is 0. The van der Waals surface area contributed by atoms with Crippen LogP contribution < -0.4 is 0 Å². The van der Waals surface area contributed by atoms with Crippen molar-refractivity contribution in [2.24, 2.45) is 0 Å². The topological polar surface area (TPSA) is 219 Å². The van der Waals surface area contributed by atoms with E-state index in [0.29, 0.717) is 0 Å². The summed E-state index contributed by atoms with van der Waals surface area (Å²) < 4.78 is 59.0. The van der Waals surface area contributed by atoms with Gasteiger partial charge in [-0.2, -0.15) is 0 Å². The molecule has 0 aromatic carbocycles. The van der Waals surface area contributed by atoms with Crippen molar-refractivity contribution in [3.05, 3.63) is 0 Å².